The lowest BCUT2D eigenvalue weighted by atomic mass is 9.65. The van der Waals surface area contributed by atoms with Crippen molar-refractivity contribution in [2.75, 3.05) is 0 Å². The average Bonchev–Trinajstić information content (AvgIpc) is 2.59. The fraction of sp³-hybridized carbons (Fsp3) is 0.667. The molecule has 5 nitrogen and oxygen atoms in total. The van der Waals surface area contributed by atoms with Crippen molar-refractivity contribution in [3.05, 3.63) is 35.9 Å². The van der Waals surface area contributed by atoms with Crippen LogP contribution in [0, 0.1) is 17.8 Å². The Kier molecular flexibility index (Phi) is 6.09. The van der Waals surface area contributed by atoms with E-state index >= 15 is 0 Å². The molecule has 4 atom stereocenters. The van der Waals surface area contributed by atoms with E-state index in [0.29, 0.717) is 11.8 Å². The standard InChI is InChI=1S/C24H35NO4/c1-16(2)19-13-12-17(3)14-24(19)15-20(26)25(22(27)29-23(4,5)6)21(28-24)18-10-8-7-9-11-18/h7-11,16-17,19,21H,12-15H2,1-6H3/t17-,19+,21+,24-/m0/s1. The van der Waals surface area contributed by atoms with Gasteiger partial charge in [-0.05, 0) is 51.4 Å². The van der Waals surface area contributed by atoms with Crippen molar-refractivity contribution in [2.24, 2.45) is 17.8 Å². The first-order chi connectivity index (χ1) is 13.5. The van der Waals surface area contributed by atoms with Crippen molar-refractivity contribution in [3.63, 3.8) is 0 Å². The van der Waals surface area contributed by atoms with E-state index in [-0.39, 0.29) is 18.2 Å². The number of hydrogen-bond acceptors (Lipinski definition) is 4. The molecule has 0 unspecified atom stereocenters. The highest BCUT2D eigenvalue weighted by Gasteiger charge is 2.54. The molecule has 29 heavy (non-hydrogen) atoms. The van der Waals surface area contributed by atoms with Crippen molar-refractivity contribution in [2.45, 2.75) is 84.7 Å². The molecular weight excluding hydrogens is 366 g/mol. The van der Waals surface area contributed by atoms with Gasteiger partial charge in [-0.25, -0.2) is 9.69 Å². The fourth-order valence-corrected chi connectivity index (χ4v) is 4.98. The highest BCUT2D eigenvalue weighted by molar-refractivity contribution is 5.93. The van der Waals surface area contributed by atoms with E-state index in [1.54, 1.807) is 20.8 Å². The summed E-state index contributed by atoms with van der Waals surface area (Å²) in [6, 6.07) is 9.54. The van der Waals surface area contributed by atoms with Gasteiger partial charge in [-0.3, -0.25) is 4.79 Å². The number of rotatable bonds is 2. The Morgan fingerprint density at radius 2 is 1.86 bits per heavy atom. The van der Waals surface area contributed by atoms with Gasteiger partial charge >= 0.3 is 6.09 Å². The van der Waals surface area contributed by atoms with Crippen LogP contribution in [-0.2, 0) is 14.3 Å². The maximum atomic E-state index is 13.4. The Morgan fingerprint density at radius 1 is 1.21 bits per heavy atom. The molecule has 1 saturated heterocycles. The monoisotopic (exact) mass is 401 g/mol. The van der Waals surface area contributed by atoms with Crippen LogP contribution < -0.4 is 0 Å². The van der Waals surface area contributed by atoms with Crippen LogP contribution in [0.1, 0.15) is 79.0 Å². The molecule has 0 radical (unpaired) electrons. The second kappa shape index (κ2) is 8.10. The molecule has 3 rings (SSSR count). The minimum absolute atomic E-state index is 0.209. The molecule has 2 aliphatic rings. The molecule has 5 heteroatoms. The van der Waals surface area contributed by atoms with Gasteiger partial charge in [-0.2, -0.15) is 0 Å². The smallest absolute Gasteiger partial charge is 0.419 e. The molecule has 1 aliphatic carbocycles. The molecule has 1 spiro atoms. The fourth-order valence-electron chi connectivity index (χ4n) is 4.98. The van der Waals surface area contributed by atoms with Crippen molar-refractivity contribution >= 4 is 12.0 Å². The zero-order chi connectivity index (χ0) is 21.4. The second-order valence-electron chi connectivity index (χ2n) is 10.1. The van der Waals surface area contributed by atoms with Gasteiger partial charge in [0.25, 0.3) is 0 Å². The Balaban J connectivity index is 2.01. The minimum Gasteiger partial charge on any atom is -0.443 e. The number of carbonyl (C=O) groups excluding carboxylic acids is 2. The van der Waals surface area contributed by atoms with Crippen molar-refractivity contribution in [1.82, 2.24) is 4.90 Å². The minimum atomic E-state index is -0.765. The number of amides is 2. The third kappa shape index (κ3) is 4.66. The molecule has 0 aromatic heterocycles. The first-order valence-electron chi connectivity index (χ1n) is 10.8. The lowest BCUT2D eigenvalue weighted by Crippen LogP contribution is -2.59. The molecular formula is C24H35NO4. The first-order valence-corrected chi connectivity index (χ1v) is 10.8. The van der Waals surface area contributed by atoms with E-state index in [9.17, 15) is 9.59 Å². The molecule has 2 fully saturated rings. The molecule has 0 N–H and O–H groups in total. The summed E-state index contributed by atoms with van der Waals surface area (Å²) in [6.07, 6.45) is 1.85. The van der Waals surface area contributed by atoms with Gasteiger partial charge in [0.15, 0.2) is 6.23 Å². The number of hydrogen-bond donors (Lipinski definition) is 0. The lowest BCUT2D eigenvalue weighted by Gasteiger charge is -2.53. The molecule has 1 heterocycles. The lowest BCUT2D eigenvalue weighted by molar-refractivity contribution is -0.232. The summed E-state index contributed by atoms with van der Waals surface area (Å²) in [5, 5.41) is 0. The summed E-state index contributed by atoms with van der Waals surface area (Å²) in [7, 11) is 0. The van der Waals surface area contributed by atoms with Gasteiger partial charge < -0.3 is 9.47 Å². The van der Waals surface area contributed by atoms with Crippen LogP contribution in [0.15, 0.2) is 30.3 Å². The summed E-state index contributed by atoms with van der Waals surface area (Å²) >= 11 is 0. The molecule has 160 valence electrons. The molecule has 1 aromatic rings. The van der Waals surface area contributed by atoms with Crippen LogP contribution in [-0.4, -0.2) is 28.1 Å². The van der Waals surface area contributed by atoms with Gasteiger partial charge in [-0.15, -0.1) is 0 Å². The number of imide groups is 1. The largest absolute Gasteiger partial charge is 0.443 e. The summed E-state index contributed by atoms with van der Waals surface area (Å²) in [6.45, 7) is 12.0. The van der Waals surface area contributed by atoms with Crippen molar-refractivity contribution in [1.29, 1.82) is 0 Å². The van der Waals surface area contributed by atoms with Gasteiger partial charge in [0, 0.05) is 5.56 Å². The molecule has 2 amide bonds. The van der Waals surface area contributed by atoms with E-state index in [0.717, 1.165) is 24.8 Å². The van der Waals surface area contributed by atoms with Crippen LogP contribution >= 0.6 is 0 Å². The van der Waals surface area contributed by atoms with Crippen LogP contribution in [0.5, 0.6) is 0 Å². The number of carbonyl (C=O) groups is 2. The summed E-state index contributed by atoms with van der Waals surface area (Å²) in [5.41, 5.74) is -0.429. The van der Waals surface area contributed by atoms with E-state index in [1.807, 2.05) is 30.3 Å². The van der Waals surface area contributed by atoms with Gasteiger partial charge in [0.2, 0.25) is 5.91 Å². The predicted molar refractivity (Wildman–Crippen MR) is 112 cm³/mol. The van der Waals surface area contributed by atoms with Crippen LogP contribution in [0.3, 0.4) is 0 Å². The summed E-state index contributed by atoms with van der Waals surface area (Å²) < 4.78 is 12.3. The first kappa shape index (κ1) is 21.8. The van der Waals surface area contributed by atoms with Gasteiger partial charge in [-0.1, -0.05) is 57.5 Å². The quantitative estimate of drug-likeness (QED) is 0.638. The molecule has 1 aliphatic heterocycles. The van der Waals surface area contributed by atoms with Gasteiger partial charge in [0.1, 0.15) is 5.60 Å². The third-order valence-electron chi connectivity index (χ3n) is 6.12. The summed E-state index contributed by atoms with van der Waals surface area (Å²) in [5.74, 6) is 0.968. The Labute approximate surface area is 174 Å². The number of nitrogens with zero attached hydrogens (tertiary/aromatic N) is 1. The molecule has 1 saturated carbocycles. The summed E-state index contributed by atoms with van der Waals surface area (Å²) in [4.78, 5) is 27.5. The number of ether oxygens (including phenoxy) is 2. The van der Waals surface area contributed by atoms with Crippen molar-refractivity contribution in [3.8, 4) is 0 Å². The molecule has 0 bridgehead atoms. The predicted octanol–water partition coefficient (Wildman–Crippen LogP) is 5.70. The Hall–Kier alpha value is -1.88. The van der Waals surface area contributed by atoms with E-state index < -0.39 is 23.5 Å². The zero-order valence-electron chi connectivity index (χ0n) is 18.6. The maximum absolute atomic E-state index is 13.4. The van der Waals surface area contributed by atoms with E-state index in [2.05, 4.69) is 20.8 Å². The Bertz CT molecular complexity index is 739. The van der Waals surface area contributed by atoms with Crippen LogP contribution in [0.4, 0.5) is 4.79 Å². The highest BCUT2D eigenvalue weighted by Crippen LogP contribution is 2.51. The van der Waals surface area contributed by atoms with Gasteiger partial charge in [0.05, 0.1) is 12.0 Å². The zero-order valence-corrected chi connectivity index (χ0v) is 18.6. The third-order valence-corrected chi connectivity index (χ3v) is 6.12. The SMILES string of the molecule is CC(C)[C@H]1CC[C@H](C)C[C@]12CC(=O)N(C(=O)OC(C)(C)C)[C@@H](c1ccccc1)O2. The second-order valence-corrected chi connectivity index (χ2v) is 10.1. The van der Waals surface area contributed by atoms with Crippen LogP contribution in [0.2, 0.25) is 0 Å². The normalized spacial score (nSPS) is 30.7. The van der Waals surface area contributed by atoms with Crippen molar-refractivity contribution < 1.29 is 19.1 Å². The number of benzene rings is 1. The maximum Gasteiger partial charge on any atom is 0.419 e. The average molecular weight is 402 g/mol. The van der Waals surface area contributed by atoms with E-state index in [1.165, 1.54) is 4.90 Å². The molecule has 1 aromatic carbocycles. The topological polar surface area (TPSA) is 55.8 Å². The highest BCUT2D eigenvalue weighted by atomic mass is 16.6. The Morgan fingerprint density at radius 3 is 2.45 bits per heavy atom. The van der Waals surface area contributed by atoms with E-state index in [4.69, 9.17) is 9.47 Å². The van der Waals surface area contributed by atoms with Crippen LogP contribution in [0.25, 0.3) is 0 Å².